The number of likely N-dealkylation sites (tertiary alicyclic amines) is 1. The molecule has 1 fully saturated rings. The van der Waals surface area contributed by atoms with Gasteiger partial charge in [-0.05, 0) is 30.9 Å². The Kier molecular flexibility index (Phi) is 9.55. The van der Waals surface area contributed by atoms with Crippen molar-refractivity contribution in [3.8, 4) is 0 Å². The highest BCUT2D eigenvalue weighted by Gasteiger charge is 2.24. The van der Waals surface area contributed by atoms with Crippen LogP contribution in [0, 0.1) is 5.92 Å². The van der Waals surface area contributed by atoms with Crippen LogP contribution in [-0.4, -0.2) is 43.6 Å². The minimum Gasteiger partial charge on any atom is -0.355 e. The van der Waals surface area contributed by atoms with Crippen molar-refractivity contribution in [3.63, 3.8) is 0 Å². The number of nitrogens with zero attached hydrogens (tertiary/aromatic N) is 2. The van der Waals surface area contributed by atoms with Crippen molar-refractivity contribution in [1.82, 2.24) is 15.5 Å². The molecule has 0 saturated carbocycles. The maximum Gasteiger partial charge on any atom is 0.191 e. The lowest BCUT2D eigenvalue weighted by atomic mass is 10.1. The highest BCUT2D eigenvalue weighted by molar-refractivity contribution is 14.0. The maximum atomic E-state index is 4.33. The molecular weight excluding hydrogens is 399 g/mol. The summed E-state index contributed by atoms with van der Waals surface area (Å²) >= 11 is 0. The molecule has 4 nitrogen and oxygen atoms in total. The molecule has 2 rings (SSSR count). The number of guanidine groups is 1. The number of benzene rings is 1. The van der Waals surface area contributed by atoms with Crippen molar-refractivity contribution in [2.24, 2.45) is 10.9 Å². The second-order valence-electron chi connectivity index (χ2n) is 6.48. The van der Waals surface area contributed by atoms with Crippen LogP contribution in [0.1, 0.15) is 32.3 Å². The van der Waals surface area contributed by atoms with E-state index in [9.17, 15) is 0 Å². The molecule has 5 heteroatoms. The van der Waals surface area contributed by atoms with Crippen molar-refractivity contribution in [2.75, 3.05) is 26.7 Å². The summed E-state index contributed by atoms with van der Waals surface area (Å²) in [6.07, 6.45) is 2.60. The average molecular weight is 430 g/mol. The van der Waals surface area contributed by atoms with E-state index in [-0.39, 0.29) is 24.0 Å². The Hall–Kier alpha value is -0.820. The zero-order valence-corrected chi connectivity index (χ0v) is 16.9. The summed E-state index contributed by atoms with van der Waals surface area (Å²) in [5.41, 5.74) is 1.27. The van der Waals surface area contributed by atoms with Crippen molar-refractivity contribution in [2.45, 2.75) is 39.3 Å². The molecule has 23 heavy (non-hydrogen) atoms. The minimum absolute atomic E-state index is 0. The largest absolute Gasteiger partial charge is 0.355 e. The predicted octanol–water partition coefficient (Wildman–Crippen LogP) is 3.09. The van der Waals surface area contributed by atoms with Gasteiger partial charge >= 0.3 is 0 Å². The smallest absolute Gasteiger partial charge is 0.191 e. The predicted molar refractivity (Wildman–Crippen MR) is 109 cm³/mol. The molecule has 1 saturated heterocycles. The first-order valence-corrected chi connectivity index (χ1v) is 8.41. The van der Waals surface area contributed by atoms with Gasteiger partial charge in [0.15, 0.2) is 5.96 Å². The van der Waals surface area contributed by atoms with Crippen molar-refractivity contribution in [3.05, 3.63) is 35.9 Å². The standard InChI is InChI=1S/C18H30N4.HI/c1-15(2)14-22-11-7-10-17(22)13-21-18(19-3)20-12-16-8-5-4-6-9-16;/h4-6,8-9,15,17H,7,10-14H2,1-3H3,(H2,19,20,21);1H/t17-;/m1./s1. The van der Waals surface area contributed by atoms with Gasteiger partial charge in [0.2, 0.25) is 0 Å². The maximum absolute atomic E-state index is 4.33. The van der Waals surface area contributed by atoms with Crippen LogP contribution in [0.2, 0.25) is 0 Å². The quantitative estimate of drug-likeness (QED) is 0.414. The Morgan fingerprint density at radius 1 is 1.26 bits per heavy atom. The topological polar surface area (TPSA) is 39.7 Å². The summed E-state index contributed by atoms with van der Waals surface area (Å²) in [6, 6.07) is 11.1. The van der Waals surface area contributed by atoms with E-state index in [1.54, 1.807) is 0 Å². The zero-order valence-electron chi connectivity index (χ0n) is 14.6. The summed E-state index contributed by atoms with van der Waals surface area (Å²) in [5, 5.41) is 6.87. The fraction of sp³-hybridized carbons (Fsp3) is 0.611. The van der Waals surface area contributed by atoms with E-state index in [1.165, 1.54) is 31.5 Å². The fourth-order valence-electron chi connectivity index (χ4n) is 3.05. The van der Waals surface area contributed by atoms with Crippen LogP contribution in [0.25, 0.3) is 0 Å². The number of hydrogen-bond acceptors (Lipinski definition) is 2. The van der Waals surface area contributed by atoms with E-state index in [4.69, 9.17) is 0 Å². The molecule has 1 aliphatic heterocycles. The molecule has 0 unspecified atom stereocenters. The molecule has 130 valence electrons. The number of hydrogen-bond donors (Lipinski definition) is 2. The lowest BCUT2D eigenvalue weighted by Crippen LogP contribution is -2.45. The second kappa shape index (κ2) is 10.9. The first-order valence-electron chi connectivity index (χ1n) is 8.41. The normalized spacial score (nSPS) is 18.8. The summed E-state index contributed by atoms with van der Waals surface area (Å²) in [7, 11) is 1.83. The molecule has 0 aliphatic carbocycles. The van der Waals surface area contributed by atoms with Gasteiger partial charge in [0, 0.05) is 32.7 Å². The molecule has 0 radical (unpaired) electrons. The van der Waals surface area contributed by atoms with Crippen molar-refractivity contribution >= 4 is 29.9 Å². The number of nitrogens with one attached hydrogen (secondary N) is 2. The molecule has 1 atom stereocenters. The van der Waals surface area contributed by atoms with Gasteiger partial charge in [0.25, 0.3) is 0 Å². The van der Waals surface area contributed by atoms with Gasteiger partial charge in [0.1, 0.15) is 0 Å². The number of aliphatic imine (C=N–C) groups is 1. The van der Waals surface area contributed by atoms with Gasteiger partial charge in [0.05, 0.1) is 0 Å². The average Bonchev–Trinajstić information content (AvgIpc) is 2.95. The van der Waals surface area contributed by atoms with Gasteiger partial charge in [-0.25, -0.2) is 0 Å². The molecule has 0 amide bonds. The third-order valence-corrected chi connectivity index (χ3v) is 4.13. The molecule has 1 aliphatic rings. The first-order chi connectivity index (χ1) is 10.7. The zero-order chi connectivity index (χ0) is 15.8. The summed E-state index contributed by atoms with van der Waals surface area (Å²) in [5.74, 6) is 1.62. The van der Waals surface area contributed by atoms with Crippen molar-refractivity contribution in [1.29, 1.82) is 0 Å². The summed E-state index contributed by atoms with van der Waals surface area (Å²) in [4.78, 5) is 6.94. The third kappa shape index (κ3) is 7.08. The molecular formula is C18H31IN4. The van der Waals surface area contributed by atoms with Crippen LogP contribution in [0.15, 0.2) is 35.3 Å². The number of halogens is 1. The van der Waals surface area contributed by atoms with Gasteiger partial charge in [-0.1, -0.05) is 44.2 Å². The molecule has 0 aromatic heterocycles. The Bertz CT molecular complexity index is 461. The van der Waals surface area contributed by atoms with Gasteiger partial charge in [-0.15, -0.1) is 24.0 Å². The van der Waals surface area contributed by atoms with E-state index < -0.39 is 0 Å². The molecule has 1 heterocycles. The van der Waals surface area contributed by atoms with E-state index in [2.05, 4.69) is 58.6 Å². The van der Waals surface area contributed by atoms with Gasteiger partial charge in [-0.3, -0.25) is 9.89 Å². The van der Waals surface area contributed by atoms with Crippen LogP contribution in [0.4, 0.5) is 0 Å². The van der Waals surface area contributed by atoms with E-state index in [0.717, 1.165) is 25.0 Å². The Morgan fingerprint density at radius 2 is 2.00 bits per heavy atom. The van der Waals surface area contributed by atoms with Crippen LogP contribution in [0.5, 0.6) is 0 Å². The lowest BCUT2D eigenvalue weighted by Gasteiger charge is -2.27. The van der Waals surface area contributed by atoms with Crippen LogP contribution in [-0.2, 0) is 6.54 Å². The van der Waals surface area contributed by atoms with E-state index >= 15 is 0 Å². The lowest BCUT2D eigenvalue weighted by molar-refractivity contribution is 0.226. The van der Waals surface area contributed by atoms with E-state index in [0.29, 0.717) is 6.04 Å². The Morgan fingerprint density at radius 3 is 2.65 bits per heavy atom. The monoisotopic (exact) mass is 430 g/mol. The van der Waals surface area contributed by atoms with Gasteiger partial charge in [-0.2, -0.15) is 0 Å². The van der Waals surface area contributed by atoms with Crippen LogP contribution >= 0.6 is 24.0 Å². The van der Waals surface area contributed by atoms with Crippen LogP contribution < -0.4 is 10.6 Å². The van der Waals surface area contributed by atoms with Crippen molar-refractivity contribution < 1.29 is 0 Å². The minimum atomic E-state index is 0. The Balaban J connectivity index is 0.00000264. The number of rotatable bonds is 6. The summed E-state index contributed by atoms with van der Waals surface area (Å²) < 4.78 is 0. The first kappa shape index (κ1) is 20.2. The molecule has 1 aromatic carbocycles. The highest BCUT2D eigenvalue weighted by Crippen LogP contribution is 2.17. The molecule has 0 bridgehead atoms. The molecule has 2 N–H and O–H groups in total. The van der Waals surface area contributed by atoms with E-state index in [1.807, 2.05) is 13.1 Å². The summed E-state index contributed by atoms with van der Waals surface area (Å²) in [6.45, 7) is 8.80. The Labute approximate surface area is 158 Å². The second-order valence-corrected chi connectivity index (χ2v) is 6.48. The highest BCUT2D eigenvalue weighted by atomic mass is 127. The third-order valence-electron chi connectivity index (χ3n) is 4.13. The SMILES string of the molecule is CN=C(NCc1ccccc1)NC[C@H]1CCCN1CC(C)C.I. The van der Waals surface area contributed by atoms with Crippen LogP contribution in [0.3, 0.4) is 0 Å². The fourth-order valence-corrected chi connectivity index (χ4v) is 3.05. The molecule has 1 aromatic rings. The van der Waals surface area contributed by atoms with Gasteiger partial charge < -0.3 is 10.6 Å². The molecule has 0 spiro atoms.